The molecule has 0 saturated heterocycles. The van der Waals surface area contributed by atoms with Gasteiger partial charge in [-0.05, 0) is 36.3 Å². The number of hydrogen-bond donors (Lipinski definition) is 1. The summed E-state index contributed by atoms with van der Waals surface area (Å²) in [7, 11) is 0. The summed E-state index contributed by atoms with van der Waals surface area (Å²) in [5.74, 6) is 2.45. The Labute approximate surface area is 121 Å². The van der Waals surface area contributed by atoms with Gasteiger partial charge >= 0.3 is 0 Å². The smallest absolute Gasteiger partial charge is 0.163 e. The summed E-state index contributed by atoms with van der Waals surface area (Å²) >= 11 is 0. The fourth-order valence-corrected chi connectivity index (χ4v) is 3.55. The molecular formula is C17H25NO2. The molecule has 2 atom stereocenters. The largest absolute Gasteiger partial charge is 0.490 e. The van der Waals surface area contributed by atoms with Gasteiger partial charge in [0.1, 0.15) is 0 Å². The molecule has 0 spiro atoms. The normalized spacial score (nSPS) is 27.9. The highest BCUT2D eigenvalue weighted by atomic mass is 16.5. The number of rotatable bonds is 2. The van der Waals surface area contributed by atoms with Crippen molar-refractivity contribution in [3.05, 3.63) is 18.2 Å². The third-order valence-corrected chi connectivity index (χ3v) is 4.43. The topological polar surface area (TPSA) is 30.5 Å². The molecule has 2 unspecified atom stereocenters. The average Bonchev–Trinajstić information content (AvgIpc) is 2.55. The number of nitrogens with one attached hydrogen (secondary N) is 1. The lowest BCUT2D eigenvalue weighted by Gasteiger charge is -2.20. The molecule has 1 N–H and O–H groups in total. The molecule has 3 rings (SSSR count). The van der Waals surface area contributed by atoms with Crippen molar-refractivity contribution in [2.45, 2.75) is 46.1 Å². The number of anilines is 1. The summed E-state index contributed by atoms with van der Waals surface area (Å²) < 4.78 is 11.4. The number of benzene rings is 1. The molecule has 2 aliphatic rings. The van der Waals surface area contributed by atoms with Gasteiger partial charge < -0.3 is 14.8 Å². The van der Waals surface area contributed by atoms with Crippen LogP contribution in [0.15, 0.2) is 18.2 Å². The Hall–Kier alpha value is -1.38. The van der Waals surface area contributed by atoms with Crippen LogP contribution in [0.1, 0.15) is 40.0 Å². The Balaban J connectivity index is 1.73. The first-order valence-corrected chi connectivity index (χ1v) is 7.70. The van der Waals surface area contributed by atoms with Gasteiger partial charge in [0.15, 0.2) is 11.5 Å². The van der Waals surface area contributed by atoms with E-state index in [4.69, 9.17) is 9.47 Å². The fraction of sp³-hybridized carbons (Fsp3) is 0.647. The number of fused-ring (bicyclic) bond motifs is 1. The van der Waals surface area contributed by atoms with Gasteiger partial charge in [-0.25, -0.2) is 0 Å². The Morgan fingerprint density at radius 1 is 1.10 bits per heavy atom. The molecule has 1 aromatic rings. The first kappa shape index (κ1) is 13.6. The molecule has 1 saturated carbocycles. The van der Waals surface area contributed by atoms with Crippen molar-refractivity contribution in [1.82, 2.24) is 0 Å². The van der Waals surface area contributed by atoms with Crippen LogP contribution in [0.25, 0.3) is 0 Å². The van der Waals surface area contributed by atoms with Crippen LogP contribution in [0.5, 0.6) is 11.5 Å². The third-order valence-electron chi connectivity index (χ3n) is 4.43. The molecule has 1 fully saturated rings. The van der Waals surface area contributed by atoms with E-state index in [1.165, 1.54) is 12.8 Å². The summed E-state index contributed by atoms with van der Waals surface area (Å²) in [6.45, 7) is 8.55. The van der Waals surface area contributed by atoms with E-state index in [2.05, 4.69) is 38.2 Å². The van der Waals surface area contributed by atoms with Crippen LogP contribution in [0.3, 0.4) is 0 Å². The zero-order chi connectivity index (χ0) is 14.2. The second-order valence-electron chi connectivity index (χ2n) is 7.01. The number of hydrogen-bond acceptors (Lipinski definition) is 3. The van der Waals surface area contributed by atoms with Crippen LogP contribution in [0.4, 0.5) is 5.69 Å². The highest BCUT2D eigenvalue weighted by Gasteiger charge is 2.36. The van der Waals surface area contributed by atoms with Gasteiger partial charge in [0.05, 0.1) is 13.2 Å². The molecule has 0 radical (unpaired) electrons. The quantitative estimate of drug-likeness (QED) is 0.882. The van der Waals surface area contributed by atoms with Crippen molar-refractivity contribution in [3.63, 3.8) is 0 Å². The van der Waals surface area contributed by atoms with Gasteiger partial charge in [-0.3, -0.25) is 0 Å². The van der Waals surface area contributed by atoms with E-state index < -0.39 is 0 Å². The molecule has 1 aromatic carbocycles. The first-order valence-electron chi connectivity index (χ1n) is 7.70. The lowest BCUT2D eigenvalue weighted by molar-refractivity contribution is 0.297. The van der Waals surface area contributed by atoms with E-state index in [1.54, 1.807) is 0 Å². The summed E-state index contributed by atoms with van der Waals surface area (Å²) in [6, 6.07) is 6.76. The van der Waals surface area contributed by atoms with Crippen molar-refractivity contribution in [2.75, 3.05) is 18.5 Å². The second kappa shape index (κ2) is 5.19. The minimum Gasteiger partial charge on any atom is -0.490 e. The summed E-state index contributed by atoms with van der Waals surface area (Å²) in [5, 5.41) is 3.68. The molecule has 1 heterocycles. The van der Waals surface area contributed by atoms with E-state index in [-0.39, 0.29) is 0 Å². The Morgan fingerprint density at radius 2 is 1.85 bits per heavy atom. The third kappa shape index (κ3) is 2.87. The fourth-order valence-electron chi connectivity index (χ4n) is 3.55. The zero-order valence-corrected chi connectivity index (χ0v) is 12.7. The van der Waals surface area contributed by atoms with Gasteiger partial charge in [-0.15, -0.1) is 0 Å². The molecule has 0 aromatic heterocycles. The van der Waals surface area contributed by atoms with Gasteiger partial charge in [-0.1, -0.05) is 20.8 Å². The van der Waals surface area contributed by atoms with E-state index in [0.717, 1.165) is 36.8 Å². The van der Waals surface area contributed by atoms with Crippen molar-refractivity contribution < 1.29 is 9.47 Å². The molecule has 0 amide bonds. The maximum atomic E-state index is 5.76. The lowest BCUT2D eigenvalue weighted by Crippen LogP contribution is -2.22. The molecule has 0 bridgehead atoms. The zero-order valence-electron chi connectivity index (χ0n) is 12.7. The predicted octanol–water partition coefficient (Wildman–Crippen LogP) is 4.08. The maximum Gasteiger partial charge on any atom is 0.163 e. The maximum absolute atomic E-state index is 5.76. The van der Waals surface area contributed by atoms with Gasteiger partial charge in [0.25, 0.3) is 0 Å². The molecule has 3 heteroatoms. The van der Waals surface area contributed by atoms with Crippen LogP contribution in [-0.4, -0.2) is 19.3 Å². The standard InChI is InChI=1S/C17H25NO2/c1-12-10-17(2,3)11-14(12)18-13-5-6-15-16(9-13)20-8-4-7-19-15/h5-6,9,12,14,18H,4,7-8,10-11H2,1-3H3. The van der Waals surface area contributed by atoms with Crippen LogP contribution in [0, 0.1) is 11.3 Å². The van der Waals surface area contributed by atoms with Gasteiger partial charge in [-0.2, -0.15) is 0 Å². The van der Waals surface area contributed by atoms with Crippen LogP contribution >= 0.6 is 0 Å². The van der Waals surface area contributed by atoms with Gasteiger partial charge in [0.2, 0.25) is 0 Å². The van der Waals surface area contributed by atoms with Crippen molar-refractivity contribution in [2.24, 2.45) is 11.3 Å². The van der Waals surface area contributed by atoms with Crippen LogP contribution in [-0.2, 0) is 0 Å². The van der Waals surface area contributed by atoms with Crippen molar-refractivity contribution >= 4 is 5.69 Å². The molecule has 1 aliphatic carbocycles. The highest BCUT2D eigenvalue weighted by molar-refractivity contribution is 5.55. The Bertz CT molecular complexity index is 484. The average molecular weight is 275 g/mol. The van der Waals surface area contributed by atoms with E-state index >= 15 is 0 Å². The van der Waals surface area contributed by atoms with E-state index in [9.17, 15) is 0 Å². The van der Waals surface area contributed by atoms with Crippen molar-refractivity contribution in [3.8, 4) is 11.5 Å². The SMILES string of the molecule is CC1CC(C)(C)CC1Nc1ccc2c(c1)OCCCO2. The minimum absolute atomic E-state index is 0.447. The molecule has 3 nitrogen and oxygen atoms in total. The second-order valence-corrected chi connectivity index (χ2v) is 7.01. The van der Waals surface area contributed by atoms with Crippen LogP contribution < -0.4 is 14.8 Å². The lowest BCUT2D eigenvalue weighted by atomic mass is 9.91. The molecule has 110 valence electrons. The molecule has 1 aliphatic heterocycles. The van der Waals surface area contributed by atoms with Crippen molar-refractivity contribution in [1.29, 1.82) is 0 Å². The first-order chi connectivity index (χ1) is 9.53. The van der Waals surface area contributed by atoms with E-state index in [0.29, 0.717) is 17.4 Å². The Morgan fingerprint density at radius 3 is 2.55 bits per heavy atom. The monoisotopic (exact) mass is 275 g/mol. The number of ether oxygens (including phenoxy) is 2. The van der Waals surface area contributed by atoms with Crippen LogP contribution in [0.2, 0.25) is 0 Å². The summed E-state index contributed by atoms with van der Waals surface area (Å²) in [6.07, 6.45) is 3.46. The summed E-state index contributed by atoms with van der Waals surface area (Å²) in [4.78, 5) is 0. The Kier molecular flexibility index (Phi) is 3.53. The molecular weight excluding hydrogens is 250 g/mol. The predicted molar refractivity (Wildman–Crippen MR) is 81.6 cm³/mol. The highest BCUT2D eigenvalue weighted by Crippen LogP contribution is 2.42. The molecule has 20 heavy (non-hydrogen) atoms. The summed E-state index contributed by atoms with van der Waals surface area (Å²) in [5.41, 5.74) is 1.59. The van der Waals surface area contributed by atoms with Gasteiger partial charge in [0, 0.05) is 24.2 Å². The minimum atomic E-state index is 0.447. The van der Waals surface area contributed by atoms with E-state index in [1.807, 2.05) is 6.07 Å².